The summed E-state index contributed by atoms with van der Waals surface area (Å²) in [6.07, 6.45) is 0.627. The molecule has 0 saturated carbocycles. The molecule has 266 valence electrons. The summed E-state index contributed by atoms with van der Waals surface area (Å²) >= 11 is 0. The first-order valence-electron chi connectivity index (χ1n) is 15.9. The standard InChI is InChI=1S/C31H51NO9.Na.H3O4P/c1-9-25-20(5)29-31(6,41-29)12-10-23(34)17(2)14-21(11-13-33)28(19(4)24(35)16-26(36)39-25)40-30-27(37)22(32(7)8)15-18(3)38-30;;1-5(2,3)4/h10,12-13,17-22,24-25,27-30,35,37H,9,11,14-16H2,1-8H3;;(H3,1,2,3,4)/q;+1;/p-1/b12-10+;;/t17-,18-,19+,20-,21+,22+,24-,25-,27-,28-,29+,30+,31+;;/m1../s1. The number of hydrogen-bond donors (Lipinski definition) is 4. The second-order valence-corrected chi connectivity index (χ2v) is 14.3. The van der Waals surface area contributed by atoms with E-state index in [9.17, 15) is 24.6 Å². The minimum atomic E-state index is -4.89. The third-order valence-electron chi connectivity index (χ3n) is 9.29. The molecule has 0 radical (unpaired) electrons. The Hall–Kier alpha value is -0.580. The van der Waals surface area contributed by atoms with Gasteiger partial charge in [-0.2, -0.15) is 0 Å². The number of aliphatic hydroxyl groups excluding tert-OH is 2. The van der Waals surface area contributed by atoms with Crippen LogP contribution in [0.4, 0.5) is 0 Å². The van der Waals surface area contributed by atoms with Gasteiger partial charge in [0, 0.05) is 30.2 Å². The minimum absolute atomic E-state index is 0. The van der Waals surface area contributed by atoms with Crippen molar-refractivity contribution in [3.63, 3.8) is 0 Å². The summed E-state index contributed by atoms with van der Waals surface area (Å²) in [6.45, 7) is 11.3. The van der Waals surface area contributed by atoms with E-state index in [1.807, 2.05) is 53.6 Å². The molecule has 13 atom stereocenters. The van der Waals surface area contributed by atoms with E-state index in [0.29, 0.717) is 19.3 Å². The number of cyclic esters (lactones) is 1. The second kappa shape index (κ2) is 19.1. The van der Waals surface area contributed by atoms with Crippen LogP contribution in [0.15, 0.2) is 12.2 Å². The number of aliphatic hydroxyl groups is 2. The number of allylic oxidation sites excluding steroid dienone is 1. The molecule has 16 heteroatoms. The molecule has 0 amide bonds. The Labute approximate surface area is 300 Å². The molecule has 0 aromatic heterocycles. The van der Waals surface area contributed by atoms with E-state index in [0.717, 1.165) is 6.29 Å². The van der Waals surface area contributed by atoms with Gasteiger partial charge < -0.3 is 53.5 Å². The number of nitrogens with zero attached hydrogens (tertiary/aromatic N) is 1. The van der Waals surface area contributed by atoms with E-state index in [2.05, 4.69) is 0 Å². The molecule has 4 N–H and O–H groups in total. The summed E-state index contributed by atoms with van der Waals surface area (Å²) in [6, 6.07) is -0.219. The first kappa shape index (κ1) is 44.4. The van der Waals surface area contributed by atoms with Crippen molar-refractivity contribution in [3.05, 3.63) is 12.2 Å². The second-order valence-electron chi connectivity index (χ2n) is 13.3. The summed E-state index contributed by atoms with van der Waals surface area (Å²) in [5.74, 6) is -2.32. The Morgan fingerprint density at radius 2 is 1.72 bits per heavy atom. The third kappa shape index (κ3) is 13.6. The average molecular weight is 702 g/mol. The van der Waals surface area contributed by atoms with Crippen molar-refractivity contribution in [2.24, 2.45) is 23.7 Å². The normalized spacial score (nSPS) is 41.0. The molecule has 0 unspecified atom stereocenters. The molecule has 0 aromatic rings. The Bertz CT molecular complexity index is 1100. The van der Waals surface area contributed by atoms with Gasteiger partial charge in [0.05, 0.1) is 30.8 Å². The number of ketones is 1. The number of carbonyl (C=O) groups excluding carboxylic acids is 3. The number of fused-ring (bicyclic) bond motifs is 1. The molecule has 0 aromatic carbocycles. The molecular weight excluding hydrogens is 648 g/mol. The zero-order chi connectivity index (χ0) is 35.1. The van der Waals surface area contributed by atoms with Gasteiger partial charge in [0.25, 0.3) is 7.82 Å². The van der Waals surface area contributed by atoms with E-state index in [-0.39, 0.29) is 72.3 Å². The Balaban J connectivity index is 0.00000171. The number of epoxide rings is 1. The van der Waals surface area contributed by atoms with Crippen LogP contribution in [0.25, 0.3) is 0 Å². The van der Waals surface area contributed by atoms with Gasteiger partial charge in [0.2, 0.25) is 0 Å². The molecule has 0 spiro atoms. The van der Waals surface area contributed by atoms with Crippen molar-refractivity contribution in [2.45, 2.75) is 128 Å². The van der Waals surface area contributed by atoms with Gasteiger partial charge in [-0.05, 0) is 65.3 Å². The number of rotatable bonds is 6. The Morgan fingerprint density at radius 3 is 2.26 bits per heavy atom. The molecule has 0 bridgehead atoms. The minimum Gasteiger partial charge on any atom is -0.756 e. The molecule has 47 heavy (non-hydrogen) atoms. The third-order valence-corrected chi connectivity index (χ3v) is 9.29. The Morgan fingerprint density at radius 1 is 1.13 bits per heavy atom. The van der Waals surface area contributed by atoms with Crippen LogP contribution in [-0.2, 0) is 37.9 Å². The SMILES string of the molecule is CC[C@H]1OC(=O)C[C@@H](O)[C@H](C)[C@@H](O[C@@H]2O[C@H](C)C[C@H](N(C)C)[C@H]2O)[C@@H](CC=O)C[C@@H](C)C(=O)/C=C/[C@]2(C)O[C@H]2[C@@H]1C.O=P([O-])(O)O.[Na+]. The number of carbonyl (C=O) groups is 3. The van der Waals surface area contributed by atoms with Crippen LogP contribution in [0.1, 0.15) is 73.6 Å². The van der Waals surface area contributed by atoms with Crippen molar-refractivity contribution < 1.29 is 92.3 Å². The van der Waals surface area contributed by atoms with E-state index in [1.54, 1.807) is 19.1 Å². The number of phosphoric acid groups is 1. The zero-order valence-corrected chi connectivity index (χ0v) is 31.9. The van der Waals surface area contributed by atoms with E-state index >= 15 is 0 Å². The van der Waals surface area contributed by atoms with Crippen LogP contribution < -0.4 is 34.5 Å². The van der Waals surface area contributed by atoms with Gasteiger partial charge in [0.15, 0.2) is 12.1 Å². The van der Waals surface area contributed by atoms with Crippen molar-refractivity contribution in [1.82, 2.24) is 4.90 Å². The predicted octanol–water partition coefficient (Wildman–Crippen LogP) is -1.89. The molecule has 2 fully saturated rings. The summed E-state index contributed by atoms with van der Waals surface area (Å²) < 4.78 is 33.0. The van der Waals surface area contributed by atoms with Crippen molar-refractivity contribution in [1.29, 1.82) is 0 Å². The number of hydrogen-bond acceptors (Lipinski definition) is 12. The molecule has 2 saturated heterocycles. The van der Waals surface area contributed by atoms with Crippen molar-refractivity contribution >= 4 is 25.9 Å². The summed E-state index contributed by atoms with van der Waals surface area (Å²) in [5.41, 5.74) is -0.637. The maximum absolute atomic E-state index is 13.2. The van der Waals surface area contributed by atoms with Crippen LogP contribution in [0.2, 0.25) is 0 Å². The maximum atomic E-state index is 13.2. The zero-order valence-electron chi connectivity index (χ0n) is 29.1. The van der Waals surface area contributed by atoms with Crippen LogP contribution in [0.3, 0.4) is 0 Å². The van der Waals surface area contributed by atoms with E-state index in [4.69, 9.17) is 38.2 Å². The van der Waals surface area contributed by atoms with Crippen molar-refractivity contribution in [3.8, 4) is 0 Å². The number of ether oxygens (including phenoxy) is 4. The van der Waals surface area contributed by atoms with Gasteiger partial charge in [-0.1, -0.05) is 27.7 Å². The van der Waals surface area contributed by atoms with Gasteiger partial charge in [-0.25, -0.2) is 0 Å². The van der Waals surface area contributed by atoms with E-state index in [1.165, 1.54) is 0 Å². The van der Waals surface area contributed by atoms with Gasteiger partial charge in [-0.15, -0.1) is 0 Å². The summed E-state index contributed by atoms with van der Waals surface area (Å²) in [7, 11) is -1.13. The first-order valence-corrected chi connectivity index (χ1v) is 17.4. The fourth-order valence-corrected chi connectivity index (χ4v) is 6.50. The monoisotopic (exact) mass is 701 g/mol. The molecule has 3 rings (SSSR count). The first-order chi connectivity index (χ1) is 21.2. The topological polar surface area (TPSA) is 216 Å². The summed E-state index contributed by atoms with van der Waals surface area (Å²) in [4.78, 5) is 62.9. The molecule has 0 aliphatic carbocycles. The fraction of sp³-hybridized carbons (Fsp3) is 0.839. The predicted molar refractivity (Wildman–Crippen MR) is 164 cm³/mol. The van der Waals surface area contributed by atoms with Crippen LogP contribution in [-0.4, -0.2) is 112 Å². The maximum Gasteiger partial charge on any atom is 1.00 e. The molecule has 14 nitrogen and oxygen atoms in total. The summed E-state index contributed by atoms with van der Waals surface area (Å²) in [5, 5.41) is 22.4. The van der Waals surface area contributed by atoms with Gasteiger partial charge in [-0.3, -0.25) is 14.2 Å². The molecule has 3 aliphatic rings. The quantitative estimate of drug-likeness (QED) is 0.0784. The molecule has 3 heterocycles. The fourth-order valence-electron chi connectivity index (χ4n) is 6.50. The van der Waals surface area contributed by atoms with Crippen LogP contribution in [0.5, 0.6) is 0 Å². The molecular formula is C31H53NNaO13P. The van der Waals surface area contributed by atoms with E-state index < -0.39 is 67.9 Å². The average Bonchev–Trinajstić information content (AvgIpc) is 3.63. The van der Waals surface area contributed by atoms with Crippen LogP contribution >= 0.6 is 7.82 Å². The largest absolute Gasteiger partial charge is 1.00 e. The smallest absolute Gasteiger partial charge is 0.756 e. The van der Waals surface area contributed by atoms with Gasteiger partial charge >= 0.3 is 35.5 Å². The van der Waals surface area contributed by atoms with Gasteiger partial charge in [0.1, 0.15) is 24.1 Å². The molecule has 3 aliphatic heterocycles. The number of aldehydes is 1. The Kier molecular flexibility index (Phi) is 18.1. The van der Waals surface area contributed by atoms with Crippen LogP contribution in [0, 0.1) is 23.7 Å². The number of likely N-dealkylation sites (N-methyl/N-ethyl adjacent to an activating group) is 1. The number of esters is 1. The van der Waals surface area contributed by atoms with Crippen molar-refractivity contribution in [2.75, 3.05) is 14.1 Å².